The topological polar surface area (TPSA) is 149 Å². The van der Waals surface area contributed by atoms with E-state index in [-0.39, 0.29) is 12.5 Å². The van der Waals surface area contributed by atoms with Crippen LogP contribution in [0.3, 0.4) is 0 Å². The Hall–Kier alpha value is -1.33. The molecule has 1 aliphatic rings. The van der Waals surface area contributed by atoms with Gasteiger partial charge in [0.15, 0.2) is 6.29 Å². The zero-order chi connectivity index (χ0) is 36.7. The average Bonchev–Trinajstić information content (AvgIpc) is 3.11. The fourth-order valence-electron chi connectivity index (χ4n) is 6.38. The molecular formula is C41H77NO8. The highest BCUT2D eigenvalue weighted by atomic mass is 16.7. The standard InChI is InChI=1S/C41H77NO8/c1-3-5-7-9-11-13-15-17-18-19-21-23-25-27-29-31-37(45)42-34(33-49-41-40(48)39(47)38(46)36(32-43)50-41)35(44)30-28-26-24-22-20-16-14-12-10-8-6-4-2/h13,15,28,30,34-36,38-41,43-44,46-48H,3-12,14,16-27,29,31-33H2,1-2H3,(H,42,45)/b15-13-,30-28+. The average molecular weight is 712 g/mol. The van der Waals surface area contributed by atoms with Gasteiger partial charge in [0.25, 0.3) is 0 Å². The molecule has 0 aromatic rings. The van der Waals surface area contributed by atoms with E-state index in [0.29, 0.717) is 6.42 Å². The first kappa shape index (κ1) is 46.7. The minimum absolute atomic E-state index is 0.184. The van der Waals surface area contributed by atoms with Crippen LogP contribution in [-0.2, 0) is 14.3 Å². The van der Waals surface area contributed by atoms with Crippen LogP contribution in [-0.4, -0.2) is 87.5 Å². The van der Waals surface area contributed by atoms with E-state index in [4.69, 9.17) is 9.47 Å². The molecule has 1 fully saturated rings. The minimum atomic E-state index is -1.56. The largest absolute Gasteiger partial charge is 0.394 e. The summed E-state index contributed by atoms with van der Waals surface area (Å²) in [7, 11) is 0. The summed E-state index contributed by atoms with van der Waals surface area (Å²) in [5, 5.41) is 54.0. The zero-order valence-electron chi connectivity index (χ0n) is 31.9. The van der Waals surface area contributed by atoms with Crippen molar-refractivity contribution in [1.29, 1.82) is 0 Å². The Bertz CT molecular complexity index is 837. The Kier molecular flexibility index (Phi) is 30.2. The molecule has 7 unspecified atom stereocenters. The quantitative estimate of drug-likeness (QED) is 0.0302. The smallest absolute Gasteiger partial charge is 0.220 e. The van der Waals surface area contributed by atoms with Crippen LogP contribution >= 0.6 is 0 Å². The first-order valence-corrected chi connectivity index (χ1v) is 20.6. The first-order chi connectivity index (χ1) is 24.3. The SMILES string of the molecule is CCCCCC/C=C\CCCCCCCCCC(=O)NC(COC1OC(CO)C(O)C(O)C1O)C(O)/C=C/CCCCCCCCCCCC. The van der Waals surface area contributed by atoms with Gasteiger partial charge >= 0.3 is 0 Å². The number of rotatable bonds is 33. The highest BCUT2D eigenvalue weighted by molar-refractivity contribution is 5.76. The Morgan fingerprint density at radius 3 is 1.64 bits per heavy atom. The Labute approximate surface area is 305 Å². The summed E-state index contributed by atoms with van der Waals surface area (Å²) in [5.41, 5.74) is 0. The molecule has 1 saturated heterocycles. The summed E-state index contributed by atoms with van der Waals surface area (Å²) < 4.78 is 11.2. The third-order valence-corrected chi connectivity index (χ3v) is 9.77. The molecule has 0 bridgehead atoms. The maximum absolute atomic E-state index is 12.9. The second-order valence-electron chi connectivity index (χ2n) is 14.4. The number of hydrogen-bond donors (Lipinski definition) is 6. The summed E-state index contributed by atoms with van der Waals surface area (Å²) in [6, 6.07) is -0.802. The second-order valence-corrected chi connectivity index (χ2v) is 14.4. The summed E-state index contributed by atoms with van der Waals surface area (Å²) in [4.78, 5) is 12.9. The number of nitrogens with one attached hydrogen (secondary N) is 1. The van der Waals surface area contributed by atoms with Crippen LogP contribution in [0, 0.1) is 0 Å². The van der Waals surface area contributed by atoms with Crippen molar-refractivity contribution in [3.63, 3.8) is 0 Å². The van der Waals surface area contributed by atoms with Crippen molar-refractivity contribution in [2.24, 2.45) is 0 Å². The highest BCUT2D eigenvalue weighted by Gasteiger charge is 2.44. The van der Waals surface area contributed by atoms with Crippen molar-refractivity contribution in [3.8, 4) is 0 Å². The Balaban J connectivity index is 2.42. The van der Waals surface area contributed by atoms with Crippen LogP contribution in [0.25, 0.3) is 0 Å². The number of ether oxygens (including phenoxy) is 2. The minimum Gasteiger partial charge on any atom is -0.394 e. The lowest BCUT2D eigenvalue weighted by molar-refractivity contribution is -0.302. The maximum atomic E-state index is 12.9. The van der Waals surface area contributed by atoms with E-state index in [0.717, 1.165) is 44.9 Å². The summed E-state index contributed by atoms with van der Waals surface area (Å²) in [6.45, 7) is 3.73. The van der Waals surface area contributed by atoms with Crippen molar-refractivity contribution < 1.29 is 39.8 Å². The van der Waals surface area contributed by atoms with Gasteiger partial charge in [-0.2, -0.15) is 0 Å². The predicted molar refractivity (Wildman–Crippen MR) is 203 cm³/mol. The Morgan fingerprint density at radius 2 is 1.12 bits per heavy atom. The van der Waals surface area contributed by atoms with Gasteiger partial charge in [0, 0.05) is 6.42 Å². The number of allylic oxidation sites excluding steroid dienone is 3. The Morgan fingerprint density at radius 1 is 0.660 bits per heavy atom. The number of carbonyl (C=O) groups excluding carboxylic acids is 1. The number of aliphatic hydroxyl groups is 5. The van der Waals surface area contributed by atoms with Crippen LogP contribution in [0.2, 0.25) is 0 Å². The monoisotopic (exact) mass is 712 g/mol. The molecule has 1 rings (SSSR count). The molecule has 0 aromatic carbocycles. The molecule has 1 amide bonds. The molecule has 0 aromatic heterocycles. The highest BCUT2D eigenvalue weighted by Crippen LogP contribution is 2.22. The number of amides is 1. The molecule has 294 valence electrons. The van der Waals surface area contributed by atoms with Gasteiger partial charge in [-0.25, -0.2) is 0 Å². The van der Waals surface area contributed by atoms with Crippen LogP contribution in [0.1, 0.15) is 174 Å². The van der Waals surface area contributed by atoms with E-state index in [1.807, 2.05) is 6.08 Å². The molecular weight excluding hydrogens is 634 g/mol. The maximum Gasteiger partial charge on any atom is 0.220 e. The third-order valence-electron chi connectivity index (χ3n) is 9.77. The molecule has 50 heavy (non-hydrogen) atoms. The predicted octanol–water partition coefficient (Wildman–Crippen LogP) is 7.55. The molecule has 9 nitrogen and oxygen atoms in total. The molecule has 9 heteroatoms. The number of hydrogen-bond acceptors (Lipinski definition) is 8. The van der Waals surface area contributed by atoms with Gasteiger partial charge in [0.1, 0.15) is 24.4 Å². The molecule has 0 saturated carbocycles. The second kappa shape index (κ2) is 32.3. The van der Waals surface area contributed by atoms with Crippen molar-refractivity contribution in [3.05, 3.63) is 24.3 Å². The van der Waals surface area contributed by atoms with Gasteiger partial charge in [0.2, 0.25) is 5.91 Å². The summed E-state index contributed by atoms with van der Waals surface area (Å²) in [6.07, 6.45) is 29.3. The van der Waals surface area contributed by atoms with Crippen molar-refractivity contribution in [2.75, 3.05) is 13.2 Å². The molecule has 7 atom stereocenters. The van der Waals surface area contributed by atoms with E-state index in [1.165, 1.54) is 109 Å². The van der Waals surface area contributed by atoms with Crippen LogP contribution in [0.5, 0.6) is 0 Å². The van der Waals surface area contributed by atoms with Crippen molar-refractivity contribution in [1.82, 2.24) is 5.32 Å². The lowest BCUT2D eigenvalue weighted by atomic mass is 9.99. The molecule has 0 radical (unpaired) electrons. The molecule has 6 N–H and O–H groups in total. The van der Waals surface area contributed by atoms with Gasteiger partial charge in [-0.1, -0.05) is 147 Å². The van der Waals surface area contributed by atoms with Crippen molar-refractivity contribution >= 4 is 5.91 Å². The lowest BCUT2D eigenvalue weighted by Crippen LogP contribution is -2.60. The van der Waals surface area contributed by atoms with Gasteiger partial charge in [-0.05, 0) is 44.9 Å². The van der Waals surface area contributed by atoms with E-state index in [9.17, 15) is 30.3 Å². The zero-order valence-corrected chi connectivity index (χ0v) is 31.9. The van der Waals surface area contributed by atoms with Crippen molar-refractivity contribution in [2.45, 2.75) is 217 Å². The van der Waals surface area contributed by atoms with Gasteiger partial charge in [-0.15, -0.1) is 0 Å². The molecule has 0 aliphatic carbocycles. The number of unbranched alkanes of at least 4 members (excludes halogenated alkanes) is 21. The molecule has 0 spiro atoms. The fraction of sp³-hybridized carbons (Fsp3) is 0.878. The third kappa shape index (κ3) is 23.3. The van der Waals surface area contributed by atoms with Gasteiger partial charge < -0.3 is 40.3 Å². The van der Waals surface area contributed by atoms with Gasteiger partial charge in [0.05, 0.1) is 25.4 Å². The lowest BCUT2D eigenvalue weighted by Gasteiger charge is -2.40. The van der Waals surface area contributed by atoms with E-state index in [2.05, 4.69) is 31.3 Å². The molecule has 1 aliphatic heterocycles. The van der Waals surface area contributed by atoms with E-state index < -0.39 is 49.5 Å². The fourth-order valence-corrected chi connectivity index (χ4v) is 6.38. The van der Waals surface area contributed by atoms with Crippen LogP contribution in [0.4, 0.5) is 0 Å². The normalized spacial score (nSPS) is 22.4. The van der Waals surface area contributed by atoms with Gasteiger partial charge in [-0.3, -0.25) is 4.79 Å². The number of carbonyl (C=O) groups is 1. The van der Waals surface area contributed by atoms with E-state index >= 15 is 0 Å². The molecule has 1 heterocycles. The first-order valence-electron chi connectivity index (χ1n) is 20.6. The van der Waals surface area contributed by atoms with Crippen LogP contribution in [0.15, 0.2) is 24.3 Å². The summed E-state index contributed by atoms with van der Waals surface area (Å²) >= 11 is 0. The van der Waals surface area contributed by atoms with Crippen LogP contribution < -0.4 is 5.32 Å². The van der Waals surface area contributed by atoms with E-state index in [1.54, 1.807) is 6.08 Å². The summed E-state index contributed by atoms with van der Waals surface area (Å²) in [5.74, 6) is -0.184. The number of aliphatic hydroxyl groups excluding tert-OH is 5.